The van der Waals surface area contributed by atoms with Crippen LogP contribution in [-0.4, -0.2) is 153 Å². The Balaban J connectivity index is 0.925. The number of carbonyl (C=O) groups excluding carboxylic acids is 4. The number of nitrogens with one attached hydrogen (secondary N) is 2. The zero-order chi connectivity index (χ0) is 48.1. The predicted molar refractivity (Wildman–Crippen MR) is 236 cm³/mol. The second kappa shape index (κ2) is 19.4. The number of hydrogen-bond donors (Lipinski definition) is 7. The number of aliphatic hydroxyl groups is 5. The van der Waals surface area contributed by atoms with E-state index >= 15 is 4.79 Å². The summed E-state index contributed by atoms with van der Waals surface area (Å²) in [5, 5.41) is 57.7. The van der Waals surface area contributed by atoms with Gasteiger partial charge >= 0.3 is 11.9 Å². The van der Waals surface area contributed by atoms with Gasteiger partial charge in [-0.1, -0.05) is 48.6 Å². The number of amides is 2. The van der Waals surface area contributed by atoms with Gasteiger partial charge < -0.3 is 64.6 Å². The smallest absolute Gasteiger partial charge is 0.327 e. The number of benzene rings is 2. The number of aliphatic hydroxyl groups excluding tert-OH is 5. The molecule has 9 rings (SSSR count). The van der Waals surface area contributed by atoms with Crippen molar-refractivity contribution in [3.05, 3.63) is 76.9 Å². The molecule has 0 aromatic heterocycles. The number of rotatable bonds is 18. The summed E-state index contributed by atoms with van der Waals surface area (Å²) in [7, 11) is 0. The Morgan fingerprint density at radius 1 is 0.956 bits per heavy atom. The predicted octanol–water partition coefficient (Wildman–Crippen LogP) is 1.15. The summed E-state index contributed by atoms with van der Waals surface area (Å²) in [6, 6.07) is 12.2. The molecule has 7 aliphatic rings. The van der Waals surface area contributed by atoms with Gasteiger partial charge in [0.15, 0.2) is 18.1 Å². The third-order valence-electron chi connectivity index (χ3n) is 14.1. The van der Waals surface area contributed by atoms with Crippen LogP contribution in [0.15, 0.2) is 54.6 Å². The van der Waals surface area contributed by atoms with E-state index in [1.807, 2.05) is 24.3 Å². The van der Waals surface area contributed by atoms with Crippen LogP contribution >= 0.6 is 0 Å². The molecule has 0 radical (unpaired) electrons. The molecular weight excluding hydrogens is 887 g/mol. The molecular formula is C49H63N3O16. The van der Waals surface area contributed by atoms with Gasteiger partial charge in [0.2, 0.25) is 5.91 Å². The van der Waals surface area contributed by atoms with Crippen molar-refractivity contribution in [3.8, 4) is 0 Å². The van der Waals surface area contributed by atoms with Gasteiger partial charge in [0, 0.05) is 36.8 Å². The molecule has 0 spiro atoms. The molecule has 2 bridgehead atoms. The first kappa shape index (κ1) is 48.6. The minimum absolute atomic E-state index is 0.00128. The van der Waals surface area contributed by atoms with Crippen molar-refractivity contribution in [1.29, 1.82) is 0 Å². The van der Waals surface area contributed by atoms with Crippen molar-refractivity contribution in [1.82, 2.24) is 15.7 Å². The largest absolute Gasteiger partial charge is 0.460 e. The van der Waals surface area contributed by atoms with E-state index in [-0.39, 0.29) is 63.0 Å². The zero-order valence-corrected chi connectivity index (χ0v) is 38.4. The van der Waals surface area contributed by atoms with Crippen LogP contribution in [0.1, 0.15) is 92.8 Å². The highest BCUT2D eigenvalue weighted by atomic mass is 16.8. The third kappa shape index (κ3) is 9.60. The number of hydroxylamine groups is 2. The molecule has 12 atom stereocenters. The quantitative estimate of drug-likeness (QED) is 0.103. The molecule has 370 valence electrons. The van der Waals surface area contributed by atoms with Crippen LogP contribution in [0, 0.1) is 17.3 Å². The second-order valence-electron chi connectivity index (χ2n) is 20.2. The Morgan fingerprint density at radius 3 is 2.40 bits per heavy atom. The third-order valence-corrected chi connectivity index (χ3v) is 14.1. The van der Waals surface area contributed by atoms with Crippen molar-refractivity contribution in [2.45, 2.75) is 157 Å². The van der Waals surface area contributed by atoms with Gasteiger partial charge in [-0.15, -0.1) is 0 Å². The van der Waals surface area contributed by atoms with Gasteiger partial charge in [-0.25, -0.2) is 0 Å². The van der Waals surface area contributed by atoms with E-state index in [1.165, 1.54) is 5.06 Å². The fraction of sp³-hybridized carbons (Fsp3) is 0.633. The van der Waals surface area contributed by atoms with Crippen molar-refractivity contribution in [2.24, 2.45) is 17.3 Å². The van der Waals surface area contributed by atoms with Gasteiger partial charge in [0.1, 0.15) is 59.8 Å². The summed E-state index contributed by atoms with van der Waals surface area (Å²) in [6.45, 7) is 4.30. The molecule has 4 heterocycles. The van der Waals surface area contributed by atoms with E-state index in [2.05, 4.69) is 10.6 Å². The summed E-state index contributed by atoms with van der Waals surface area (Å²) in [4.78, 5) is 62.0. The van der Waals surface area contributed by atoms with Crippen LogP contribution < -0.4 is 10.6 Å². The highest BCUT2D eigenvalue weighted by molar-refractivity contribution is 5.95. The van der Waals surface area contributed by atoms with Gasteiger partial charge in [0.05, 0.1) is 32.4 Å². The SMILES string of the molecule is CC(C)(C)OC(=O)CC[C@@H](CO)NC(=O)c1cccc(CNC(=O)[C@@]23C[C@H]4OC(=O)[C@@H]2N(Cc2ccccc2C=CCO[C@H]2O[C@H](CO)[C@H](O)[C@H](O)[C@H]2O)O[C@@H]3[C@H]2OC(C3CC3)(C3CC3)O[C@H]24)c1. The molecule has 0 unspecified atom stereocenters. The molecule has 19 heteroatoms. The lowest BCUT2D eigenvalue weighted by Crippen LogP contribution is -2.69. The number of carbonyl (C=O) groups is 4. The van der Waals surface area contributed by atoms with E-state index in [0.717, 1.165) is 36.8 Å². The minimum Gasteiger partial charge on any atom is -0.460 e. The molecule has 68 heavy (non-hydrogen) atoms. The van der Waals surface area contributed by atoms with E-state index in [9.17, 15) is 39.9 Å². The molecule has 4 saturated heterocycles. The fourth-order valence-electron chi connectivity index (χ4n) is 10.5. The minimum atomic E-state index is -1.58. The Kier molecular flexibility index (Phi) is 13.9. The summed E-state index contributed by atoms with van der Waals surface area (Å²) < 4.78 is 36.6. The summed E-state index contributed by atoms with van der Waals surface area (Å²) >= 11 is 0. The lowest BCUT2D eigenvalue weighted by Gasteiger charge is -2.48. The average molecular weight is 950 g/mol. The highest BCUT2D eigenvalue weighted by Crippen LogP contribution is 2.64. The summed E-state index contributed by atoms with van der Waals surface area (Å²) in [6.07, 6.45) is -2.59. The maximum absolute atomic E-state index is 15.1. The molecule has 2 amide bonds. The van der Waals surface area contributed by atoms with Crippen molar-refractivity contribution < 1.29 is 78.0 Å². The van der Waals surface area contributed by atoms with E-state index in [4.69, 9.17) is 33.3 Å². The molecule has 7 N–H and O–H groups in total. The number of hydrogen-bond acceptors (Lipinski definition) is 17. The number of esters is 2. The van der Waals surface area contributed by atoms with Crippen LogP contribution in [0.5, 0.6) is 0 Å². The Hall–Kier alpha value is -4.38. The Labute approximate surface area is 393 Å². The first-order valence-electron chi connectivity index (χ1n) is 23.7. The molecule has 3 saturated carbocycles. The first-order chi connectivity index (χ1) is 32.5. The van der Waals surface area contributed by atoms with Crippen LogP contribution in [0.2, 0.25) is 0 Å². The van der Waals surface area contributed by atoms with Crippen LogP contribution in [0.25, 0.3) is 6.08 Å². The Bertz CT molecular complexity index is 2210. The number of fused-ring (bicyclic) bond motifs is 4. The topological polar surface area (TPSA) is 261 Å². The lowest BCUT2D eigenvalue weighted by atomic mass is 9.62. The van der Waals surface area contributed by atoms with E-state index < -0.39 is 114 Å². The maximum Gasteiger partial charge on any atom is 0.327 e. The molecule has 19 nitrogen and oxygen atoms in total. The molecule has 7 fully saturated rings. The second-order valence-corrected chi connectivity index (χ2v) is 20.2. The van der Waals surface area contributed by atoms with Gasteiger partial charge in [-0.05, 0) is 81.7 Å². The molecule has 4 aliphatic heterocycles. The van der Waals surface area contributed by atoms with Gasteiger partial charge in [-0.2, -0.15) is 5.06 Å². The number of ether oxygens (including phenoxy) is 6. The standard InChI is InChI=1S/C49H63N3O16/c1-47(2,3)65-35(55)18-17-32(24-53)51-43(59)28-11-6-8-26(20-28)22-50-46(61)48-21-33-39-40(67-49(66-39,30-13-14-30)31-15-16-31)42(48)68-52(41(48)44(60)63-33)23-29-10-5-4-9-27(29)12-7-19-62-45-38(58)37(57)36(56)34(25-54)64-45/h4-12,20,30-34,36-42,45,53-54,56-58H,13-19,21-25H2,1-3H3,(H,50,61)(H,51,59)/t32-,33+,34+,36-,37-,38+,39-,40-,41-,42+,45-,48-/m0/s1. The van der Waals surface area contributed by atoms with Crippen LogP contribution in [0.4, 0.5) is 0 Å². The molecule has 2 aromatic carbocycles. The first-order valence-corrected chi connectivity index (χ1v) is 23.7. The summed E-state index contributed by atoms with van der Waals surface area (Å²) in [5.41, 5.74) is 0.209. The highest BCUT2D eigenvalue weighted by Gasteiger charge is 2.78. The Morgan fingerprint density at radius 2 is 1.69 bits per heavy atom. The van der Waals surface area contributed by atoms with Crippen LogP contribution in [0.3, 0.4) is 0 Å². The van der Waals surface area contributed by atoms with Crippen molar-refractivity contribution in [2.75, 3.05) is 19.8 Å². The maximum atomic E-state index is 15.1. The lowest BCUT2D eigenvalue weighted by molar-refractivity contribution is -0.298. The monoisotopic (exact) mass is 949 g/mol. The molecule has 3 aliphatic carbocycles. The fourth-order valence-corrected chi connectivity index (χ4v) is 10.5. The zero-order valence-electron chi connectivity index (χ0n) is 38.4. The van der Waals surface area contributed by atoms with E-state index in [1.54, 1.807) is 57.2 Å². The average Bonchev–Trinajstić information content (AvgIpc) is 4.27. The van der Waals surface area contributed by atoms with Crippen molar-refractivity contribution >= 4 is 29.8 Å². The van der Waals surface area contributed by atoms with E-state index in [0.29, 0.717) is 5.56 Å². The van der Waals surface area contributed by atoms with Gasteiger partial charge in [0.25, 0.3) is 5.91 Å². The summed E-state index contributed by atoms with van der Waals surface area (Å²) in [5.74, 6) is -2.43. The van der Waals surface area contributed by atoms with Crippen LogP contribution in [-0.2, 0) is 60.7 Å². The van der Waals surface area contributed by atoms with Crippen molar-refractivity contribution in [3.63, 3.8) is 0 Å². The number of nitrogens with zero attached hydrogens (tertiary/aromatic N) is 1. The molecule has 2 aromatic rings. The van der Waals surface area contributed by atoms with Gasteiger partial charge in [-0.3, -0.25) is 24.0 Å². The normalized spacial score (nSPS) is 33.4.